The van der Waals surface area contributed by atoms with E-state index in [1.165, 1.54) is 4.90 Å². The molecule has 7 heteroatoms. The Morgan fingerprint density at radius 3 is 2.06 bits per heavy atom. The van der Waals surface area contributed by atoms with Crippen LogP contribution >= 0.6 is 0 Å². The summed E-state index contributed by atoms with van der Waals surface area (Å²) in [5, 5.41) is 5.70. The number of benzene rings is 3. The maximum atomic E-state index is 14.0. The number of carbonyl (C=O) groups is 3. The summed E-state index contributed by atoms with van der Waals surface area (Å²) in [5.74, 6) is -0.497. The average Bonchev–Trinajstić information content (AvgIpc) is 3.14. The maximum absolute atomic E-state index is 14.0. The zero-order valence-electron chi connectivity index (χ0n) is 18.9. The number of nitrogens with one attached hydrogen (secondary N) is 2. The molecule has 172 valence electrons. The number of carbonyl (C=O) groups excluding carboxylic acids is 3. The molecule has 3 aromatic rings. The highest BCUT2D eigenvalue weighted by molar-refractivity contribution is 6.09. The fourth-order valence-electron chi connectivity index (χ4n) is 4.97. The lowest BCUT2D eigenvalue weighted by atomic mass is 9.82. The topological polar surface area (TPSA) is 81.8 Å². The summed E-state index contributed by atoms with van der Waals surface area (Å²) >= 11 is 0. The number of rotatable bonds is 5. The smallest absolute Gasteiger partial charge is 0.326 e. The van der Waals surface area contributed by atoms with Gasteiger partial charge >= 0.3 is 6.03 Å². The number of hydrogen-bond donors (Lipinski definition) is 2. The average molecular weight is 455 g/mol. The van der Waals surface area contributed by atoms with Crippen molar-refractivity contribution >= 4 is 17.8 Å². The van der Waals surface area contributed by atoms with Gasteiger partial charge in [0.25, 0.3) is 5.91 Å². The lowest BCUT2D eigenvalue weighted by Crippen LogP contribution is -2.54. The van der Waals surface area contributed by atoms with E-state index in [2.05, 4.69) is 10.6 Å². The van der Waals surface area contributed by atoms with Gasteiger partial charge in [-0.3, -0.25) is 14.5 Å². The molecule has 1 saturated heterocycles. The standard InChI is InChI=1S/C27H26N4O3/c1-28-24(32)23-16-19-10-8-9-11-20(19)17-30(23)18-31-25(33)27(29-26(31)34,21-12-4-2-5-13-21)22-14-6-3-7-15-22/h2-15,23H,16-18H2,1H3,(H,28,32)(H,29,34). The molecule has 0 aliphatic carbocycles. The van der Waals surface area contributed by atoms with Crippen molar-refractivity contribution in [2.75, 3.05) is 13.7 Å². The predicted octanol–water partition coefficient (Wildman–Crippen LogP) is 2.61. The number of urea groups is 1. The molecule has 4 amide bonds. The first-order valence-corrected chi connectivity index (χ1v) is 11.3. The number of fused-ring (bicyclic) bond motifs is 1. The van der Waals surface area contributed by atoms with E-state index in [1.54, 1.807) is 7.05 Å². The predicted molar refractivity (Wildman–Crippen MR) is 127 cm³/mol. The van der Waals surface area contributed by atoms with Crippen LogP contribution in [0.2, 0.25) is 0 Å². The molecule has 1 unspecified atom stereocenters. The molecule has 2 N–H and O–H groups in total. The van der Waals surface area contributed by atoms with E-state index >= 15 is 0 Å². The van der Waals surface area contributed by atoms with Gasteiger partial charge in [-0.25, -0.2) is 9.69 Å². The Morgan fingerprint density at radius 2 is 1.47 bits per heavy atom. The summed E-state index contributed by atoms with van der Waals surface area (Å²) < 4.78 is 0. The van der Waals surface area contributed by atoms with E-state index in [9.17, 15) is 14.4 Å². The van der Waals surface area contributed by atoms with Crippen LogP contribution in [0.5, 0.6) is 0 Å². The van der Waals surface area contributed by atoms with Gasteiger partial charge in [0, 0.05) is 13.6 Å². The van der Waals surface area contributed by atoms with Gasteiger partial charge in [-0.1, -0.05) is 84.9 Å². The second-order valence-corrected chi connectivity index (χ2v) is 8.64. The van der Waals surface area contributed by atoms with Crippen LogP contribution in [0.15, 0.2) is 84.9 Å². The second kappa shape index (κ2) is 8.76. The zero-order valence-corrected chi connectivity index (χ0v) is 18.9. The van der Waals surface area contributed by atoms with Crippen LogP contribution in [0.1, 0.15) is 22.3 Å². The molecule has 5 rings (SSSR count). The third-order valence-electron chi connectivity index (χ3n) is 6.74. The number of amides is 4. The number of hydrogen-bond acceptors (Lipinski definition) is 4. The molecule has 2 aliphatic heterocycles. The highest BCUT2D eigenvalue weighted by Crippen LogP contribution is 2.36. The molecule has 0 radical (unpaired) electrons. The highest BCUT2D eigenvalue weighted by Gasteiger charge is 2.54. The van der Waals surface area contributed by atoms with Crippen LogP contribution in [-0.4, -0.2) is 47.4 Å². The van der Waals surface area contributed by atoms with E-state index in [-0.39, 0.29) is 18.5 Å². The van der Waals surface area contributed by atoms with Crippen LogP contribution in [0.3, 0.4) is 0 Å². The largest absolute Gasteiger partial charge is 0.358 e. The van der Waals surface area contributed by atoms with Crippen LogP contribution < -0.4 is 10.6 Å². The van der Waals surface area contributed by atoms with Crippen molar-refractivity contribution in [1.29, 1.82) is 0 Å². The van der Waals surface area contributed by atoms with Crippen LogP contribution in [0, 0.1) is 0 Å². The molecule has 0 aromatic heterocycles. The van der Waals surface area contributed by atoms with Crippen LogP contribution in [0.25, 0.3) is 0 Å². The van der Waals surface area contributed by atoms with Crippen molar-refractivity contribution in [3.63, 3.8) is 0 Å². The van der Waals surface area contributed by atoms with Crippen LogP contribution in [-0.2, 0) is 28.1 Å². The van der Waals surface area contributed by atoms with E-state index in [0.29, 0.717) is 24.1 Å². The number of nitrogens with zero attached hydrogens (tertiary/aromatic N) is 2. The molecule has 0 spiro atoms. The van der Waals surface area contributed by atoms with E-state index in [0.717, 1.165) is 11.1 Å². The fraction of sp³-hybridized carbons (Fsp3) is 0.222. The molecule has 0 bridgehead atoms. The second-order valence-electron chi connectivity index (χ2n) is 8.64. The summed E-state index contributed by atoms with van der Waals surface area (Å²) in [6, 6.07) is 25.5. The quantitative estimate of drug-likeness (QED) is 0.581. The third kappa shape index (κ3) is 3.54. The molecule has 1 fully saturated rings. The number of likely N-dealkylation sites (N-methyl/N-ethyl adjacent to an activating group) is 1. The monoisotopic (exact) mass is 454 g/mol. The first kappa shape index (κ1) is 21.9. The van der Waals surface area contributed by atoms with Gasteiger partial charge in [0.15, 0.2) is 5.54 Å². The van der Waals surface area contributed by atoms with Gasteiger partial charge in [-0.15, -0.1) is 0 Å². The molecule has 1 atom stereocenters. The minimum absolute atomic E-state index is 0.0124. The third-order valence-corrected chi connectivity index (χ3v) is 6.74. The Bertz CT molecular complexity index is 1190. The molecule has 0 saturated carbocycles. The zero-order chi connectivity index (χ0) is 23.7. The Morgan fingerprint density at radius 1 is 0.912 bits per heavy atom. The summed E-state index contributed by atoms with van der Waals surface area (Å²) in [7, 11) is 1.60. The summed E-state index contributed by atoms with van der Waals surface area (Å²) in [6.45, 7) is 0.480. The van der Waals surface area contributed by atoms with Crippen molar-refractivity contribution in [2.24, 2.45) is 0 Å². The molecule has 34 heavy (non-hydrogen) atoms. The Hall–Kier alpha value is -3.97. The van der Waals surface area contributed by atoms with Crippen LogP contribution in [0.4, 0.5) is 4.79 Å². The van der Waals surface area contributed by atoms with E-state index in [1.807, 2.05) is 89.8 Å². The first-order valence-electron chi connectivity index (χ1n) is 11.3. The molecule has 3 aromatic carbocycles. The summed E-state index contributed by atoms with van der Waals surface area (Å²) in [5.41, 5.74) is 2.25. The summed E-state index contributed by atoms with van der Waals surface area (Å²) in [6.07, 6.45) is 0.516. The minimum Gasteiger partial charge on any atom is -0.358 e. The number of imide groups is 1. The van der Waals surface area contributed by atoms with Crippen molar-refractivity contribution in [3.05, 3.63) is 107 Å². The molecular weight excluding hydrogens is 428 g/mol. The lowest BCUT2D eigenvalue weighted by molar-refractivity contribution is -0.135. The normalized spacial score (nSPS) is 19.4. The first-order chi connectivity index (χ1) is 16.5. The van der Waals surface area contributed by atoms with Gasteiger partial charge in [-0.05, 0) is 28.7 Å². The van der Waals surface area contributed by atoms with Gasteiger partial charge < -0.3 is 10.6 Å². The Balaban J connectivity index is 1.52. The van der Waals surface area contributed by atoms with Crippen molar-refractivity contribution in [2.45, 2.75) is 24.5 Å². The van der Waals surface area contributed by atoms with Crippen molar-refractivity contribution in [1.82, 2.24) is 20.4 Å². The SMILES string of the molecule is CNC(=O)C1Cc2ccccc2CN1CN1C(=O)NC(c2ccccc2)(c2ccccc2)C1=O. The molecule has 2 heterocycles. The fourth-order valence-corrected chi connectivity index (χ4v) is 4.97. The van der Waals surface area contributed by atoms with E-state index in [4.69, 9.17) is 0 Å². The van der Waals surface area contributed by atoms with Crippen molar-refractivity contribution in [3.8, 4) is 0 Å². The lowest BCUT2D eigenvalue weighted by Gasteiger charge is -2.37. The Labute approximate surface area is 198 Å². The van der Waals surface area contributed by atoms with Crippen molar-refractivity contribution < 1.29 is 14.4 Å². The highest BCUT2D eigenvalue weighted by atomic mass is 16.2. The molecule has 7 nitrogen and oxygen atoms in total. The van der Waals surface area contributed by atoms with Gasteiger partial charge in [0.05, 0.1) is 12.7 Å². The minimum atomic E-state index is -1.32. The van der Waals surface area contributed by atoms with Gasteiger partial charge in [-0.2, -0.15) is 0 Å². The van der Waals surface area contributed by atoms with Gasteiger partial charge in [0.1, 0.15) is 0 Å². The molecular formula is C27H26N4O3. The maximum Gasteiger partial charge on any atom is 0.326 e. The Kier molecular flexibility index (Phi) is 5.63. The summed E-state index contributed by atoms with van der Waals surface area (Å²) in [4.78, 5) is 43.2. The molecule has 2 aliphatic rings. The van der Waals surface area contributed by atoms with Gasteiger partial charge in [0.2, 0.25) is 5.91 Å². The van der Waals surface area contributed by atoms with E-state index < -0.39 is 17.6 Å².